The van der Waals surface area contributed by atoms with Gasteiger partial charge in [0.1, 0.15) is 5.82 Å². The first-order valence-corrected chi connectivity index (χ1v) is 8.51. The monoisotopic (exact) mass is 357 g/mol. The summed E-state index contributed by atoms with van der Waals surface area (Å²) in [5, 5.41) is 13.7. The highest BCUT2D eigenvalue weighted by atomic mass is 19.1. The summed E-state index contributed by atoms with van der Waals surface area (Å²) in [6.45, 7) is 2.94. The third-order valence-corrected chi connectivity index (χ3v) is 4.74. The molecule has 6 nitrogen and oxygen atoms in total. The maximum atomic E-state index is 13.9. The Labute approximate surface area is 150 Å². The van der Waals surface area contributed by atoms with E-state index in [-0.39, 0.29) is 23.3 Å². The van der Waals surface area contributed by atoms with Crippen molar-refractivity contribution < 1.29 is 14.1 Å². The van der Waals surface area contributed by atoms with Crippen molar-refractivity contribution in [3.8, 4) is 0 Å². The molecule has 2 aromatic carbocycles. The highest BCUT2D eigenvalue weighted by Gasteiger charge is 2.26. The third kappa shape index (κ3) is 3.82. The fourth-order valence-electron chi connectivity index (χ4n) is 3.23. The lowest BCUT2D eigenvalue weighted by Gasteiger charge is -2.33. The molecule has 0 radical (unpaired) electrons. The number of carbonyl (C=O) groups excluding carboxylic acids is 1. The molecule has 2 aromatic rings. The third-order valence-electron chi connectivity index (χ3n) is 4.74. The number of benzene rings is 2. The summed E-state index contributed by atoms with van der Waals surface area (Å²) in [6.07, 6.45) is 1.26. The zero-order valence-electron chi connectivity index (χ0n) is 14.4. The van der Waals surface area contributed by atoms with Gasteiger partial charge in [0.25, 0.3) is 5.69 Å². The van der Waals surface area contributed by atoms with E-state index >= 15 is 0 Å². The maximum absolute atomic E-state index is 13.9. The molecule has 1 heterocycles. The van der Waals surface area contributed by atoms with E-state index in [1.807, 2.05) is 4.90 Å². The maximum Gasteiger partial charge on any atom is 0.269 e. The number of nitrogens with one attached hydrogen (secondary N) is 1. The number of carbonyl (C=O) groups is 1. The number of piperidine rings is 1. The smallest absolute Gasteiger partial charge is 0.269 e. The second-order valence-electron chi connectivity index (χ2n) is 6.46. The summed E-state index contributed by atoms with van der Waals surface area (Å²) in [4.78, 5) is 24.8. The van der Waals surface area contributed by atoms with E-state index < -0.39 is 4.92 Å². The number of amides is 1. The highest BCUT2D eigenvalue weighted by Crippen LogP contribution is 2.27. The van der Waals surface area contributed by atoms with Crippen LogP contribution in [0.1, 0.15) is 18.4 Å². The van der Waals surface area contributed by atoms with Crippen LogP contribution in [0.5, 0.6) is 0 Å². The summed E-state index contributed by atoms with van der Waals surface area (Å²) in [6, 6.07) is 11.0. The van der Waals surface area contributed by atoms with Gasteiger partial charge >= 0.3 is 0 Å². The van der Waals surface area contributed by atoms with Crippen molar-refractivity contribution in [1.29, 1.82) is 0 Å². The van der Waals surface area contributed by atoms with E-state index in [0.29, 0.717) is 42.9 Å². The minimum atomic E-state index is -0.461. The van der Waals surface area contributed by atoms with Gasteiger partial charge in [-0.05, 0) is 43.5 Å². The number of nitro benzene ring substituents is 1. The molecule has 0 unspecified atom stereocenters. The fraction of sp³-hybridized carbons (Fsp3) is 0.316. The van der Waals surface area contributed by atoms with E-state index in [0.717, 1.165) is 0 Å². The molecule has 0 aromatic heterocycles. The van der Waals surface area contributed by atoms with Gasteiger partial charge in [-0.2, -0.15) is 0 Å². The number of para-hydroxylation sites is 1. The fourth-order valence-corrected chi connectivity index (χ4v) is 3.23. The van der Waals surface area contributed by atoms with Gasteiger partial charge in [-0.1, -0.05) is 12.1 Å². The number of aryl methyl sites for hydroxylation is 1. The zero-order valence-corrected chi connectivity index (χ0v) is 14.4. The lowest BCUT2D eigenvalue weighted by molar-refractivity contribution is -0.384. The average Bonchev–Trinajstić information content (AvgIpc) is 2.63. The van der Waals surface area contributed by atoms with E-state index in [2.05, 4.69) is 5.32 Å². The number of rotatable bonds is 4. The van der Waals surface area contributed by atoms with Crippen molar-refractivity contribution in [2.45, 2.75) is 19.8 Å². The molecular formula is C19H20FN3O3. The number of hydrogen-bond donors (Lipinski definition) is 1. The first kappa shape index (κ1) is 17.8. The van der Waals surface area contributed by atoms with Crippen LogP contribution in [0, 0.1) is 28.8 Å². The van der Waals surface area contributed by atoms with Gasteiger partial charge in [-0.15, -0.1) is 0 Å². The number of non-ortho nitro benzene ring substituents is 1. The molecule has 26 heavy (non-hydrogen) atoms. The summed E-state index contributed by atoms with van der Waals surface area (Å²) in [5.74, 6) is -0.514. The predicted octanol–water partition coefficient (Wildman–Crippen LogP) is 3.90. The Morgan fingerprint density at radius 2 is 1.92 bits per heavy atom. The minimum absolute atomic E-state index is 0.00121. The van der Waals surface area contributed by atoms with Crippen molar-refractivity contribution in [3.05, 3.63) is 64.0 Å². The Balaban J connectivity index is 1.61. The largest absolute Gasteiger partial charge is 0.369 e. The normalized spacial score (nSPS) is 14.9. The van der Waals surface area contributed by atoms with Crippen LogP contribution >= 0.6 is 0 Å². The van der Waals surface area contributed by atoms with Gasteiger partial charge in [0.15, 0.2) is 0 Å². The van der Waals surface area contributed by atoms with Crippen LogP contribution in [-0.4, -0.2) is 23.9 Å². The summed E-state index contributed by atoms with van der Waals surface area (Å²) >= 11 is 0. The van der Waals surface area contributed by atoms with Gasteiger partial charge < -0.3 is 10.2 Å². The number of hydrogen-bond acceptors (Lipinski definition) is 4. The molecule has 1 saturated heterocycles. The Morgan fingerprint density at radius 1 is 1.23 bits per heavy atom. The molecule has 0 aliphatic carbocycles. The van der Waals surface area contributed by atoms with Gasteiger partial charge in [0, 0.05) is 36.8 Å². The Morgan fingerprint density at radius 3 is 2.54 bits per heavy atom. The Hall–Kier alpha value is -2.96. The second-order valence-corrected chi connectivity index (χ2v) is 6.46. The quantitative estimate of drug-likeness (QED) is 0.665. The summed E-state index contributed by atoms with van der Waals surface area (Å²) in [7, 11) is 0. The van der Waals surface area contributed by atoms with Crippen LogP contribution in [0.4, 0.5) is 21.5 Å². The number of nitro groups is 1. The number of nitrogens with zero attached hydrogens (tertiary/aromatic N) is 2. The summed E-state index contributed by atoms with van der Waals surface area (Å²) < 4.78 is 13.9. The van der Waals surface area contributed by atoms with Crippen LogP contribution in [-0.2, 0) is 4.79 Å². The van der Waals surface area contributed by atoms with Crippen LogP contribution in [0.15, 0.2) is 42.5 Å². The van der Waals surface area contributed by atoms with Crippen molar-refractivity contribution in [1.82, 2.24) is 0 Å². The Kier molecular flexibility index (Phi) is 5.16. The molecule has 3 rings (SSSR count). The van der Waals surface area contributed by atoms with Crippen LogP contribution in [0.3, 0.4) is 0 Å². The van der Waals surface area contributed by atoms with E-state index in [1.54, 1.807) is 31.2 Å². The summed E-state index contributed by atoms with van der Waals surface area (Å²) in [5.41, 5.74) is 1.80. The predicted molar refractivity (Wildman–Crippen MR) is 97.8 cm³/mol. The van der Waals surface area contributed by atoms with Gasteiger partial charge in [-0.3, -0.25) is 14.9 Å². The van der Waals surface area contributed by atoms with E-state index in [4.69, 9.17) is 0 Å². The molecule has 0 atom stereocenters. The second kappa shape index (κ2) is 7.51. The zero-order chi connectivity index (χ0) is 18.7. The van der Waals surface area contributed by atoms with Crippen LogP contribution in [0.2, 0.25) is 0 Å². The topological polar surface area (TPSA) is 75.5 Å². The minimum Gasteiger partial charge on any atom is -0.369 e. The first-order chi connectivity index (χ1) is 12.5. The van der Waals surface area contributed by atoms with Crippen molar-refractivity contribution in [3.63, 3.8) is 0 Å². The van der Waals surface area contributed by atoms with Gasteiger partial charge in [0.05, 0.1) is 10.6 Å². The SMILES string of the molecule is Cc1cc([N+](=O)[O-])ccc1NC(=O)C1CCN(c2ccccc2F)CC1. The lowest BCUT2D eigenvalue weighted by Crippen LogP contribution is -2.38. The van der Waals surface area contributed by atoms with Crippen LogP contribution in [0.25, 0.3) is 0 Å². The van der Waals surface area contributed by atoms with E-state index in [1.165, 1.54) is 18.2 Å². The molecule has 1 fully saturated rings. The molecule has 7 heteroatoms. The van der Waals surface area contributed by atoms with Gasteiger partial charge in [-0.25, -0.2) is 4.39 Å². The highest BCUT2D eigenvalue weighted by molar-refractivity contribution is 5.93. The average molecular weight is 357 g/mol. The molecule has 0 spiro atoms. The molecule has 1 aliphatic rings. The van der Waals surface area contributed by atoms with Crippen molar-refractivity contribution >= 4 is 23.0 Å². The molecular weight excluding hydrogens is 337 g/mol. The number of anilines is 2. The van der Waals surface area contributed by atoms with Crippen molar-refractivity contribution in [2.24, 2.45) is 5.92 Å². The van der Waals surface area contributed by atoms with E-state index in [9.17, 15) is 19.3 Å². The standard InChI is InChI=1S/C19H20FN3O3/c1-13-12-15(23(25)26)6-7-17(13)21-19(24)14-8-10-22(11-9-14)18-5-3-2-4-16(18)20/h2-7,12,14H,8-11H2,1H3,(H,21,24). The molecule has 0 bridgehead atoms. The molecule has 1 amide bonds. The molecule has 0 saturated carbocycles. The van der Waals surface area contributed by atoms with Gasteiger partial charge in [0.2, 0.25) is 5.91 Å². The molecule has 136 valence electrons. The molecule has 1 aliphatic heterocycles. The molecule has 1 N–H and O–H groups in total. The number of halogens is 1. The Bertz CT molecular complexity index is 833. The lowest BCUT2D eigenvalue weighted by atomic mass is 9.95. The van der Waals surface area contributed by atoms with Crippen LogP contribution < -0.4 is 10.2 Å². The first-order valence-electron chi connectivity index (χ1n) is 8.51. The van der Waals surface area contributed by atoms with Crippen molar-refractivity contribution in [2.75, 3.05) is 23.3 Å².